The Balaban J connectivity index is 1.52. The van der Waals surface area contributed by atoms with Gasteiger partial charge >= 0.3 is 0 Å². The first-order chi connectivity index (χ1) is 13.0. The topological polar surface area (TPSA) is 49.4 Å². The van der Waals surface area contributed by atoms with Crippen molar-refractivity contribution in [2.45, 2.75) is 26.7 Å². The minimum atomic E-state index is -0.0756. The second-order valence-corrected chi connectivity index (χ2v) is 8.90. The van der Waals surface area contributed by atoms with E-state index in [4.69, 9.17) is 12.2 Å². The SMILES string of the molecule is Cc1cccc(NC(=O)CCCN2C(=O)/C(=C/c3cccs3)SC2=S)c1C. The molecule has 1 N–H and O–H groups in total. The van der Waals surface area contributed by atoms with Crippen molar-refractivity contribution in [3.05, 3.63) is 56.6 Å². The highest BCUT2D eigenvalue weighted by Gasteiger charge is 2.31. The number of carbonyl (C=O) groups is 2. The maximum Gasteiger partial charge on any atom is 0.266 e. The Kier molecular flexibility index (Phi) is 6.46. The van der Waals surface area contributed by atoms with Crippen LogP contribution in [0.25, 0.3) is 6.08 Å². The predicted octanol–water partition coefficient (Wildman–Crippen LogP) is 4.99. The van der Waals surface area contributed by atoms with Crippen molar-refractivity contribution in [2.24, 2.45) is 0 Å². The lowest BCUT2D eigenvalue weighted by molar-refractivity contribution is -0.122. The van der Waals surface area contributed by atoms with Gasteiger partial charge in [-0.25, -0.2) is 0 Å². The maximum absolute atomic E-state index is 12.5. The Labute approximate surface area is 172 Å². The van der Waals surface area contributed by atoms with Crippen molar-refractivity contribution < 1.29 is 9.59 Å². The Morgan fingerprint density at radius 1 is 1.26 bits per heavy atom. The fraction of sp³-hybridized carbons (Fsp3) is 0.250. The summed E-state index contributed by atoms with van der Waals surface area (Å²) in [5.74, 6) is -0.128. The van der Waals surface area contributed by atoms with Crippen LogP contribution >= 0.6 is 35.3 Å². The molecule has 0 unspecified atom stereocenters. The number of rotatable bonds is 6. The number of amides is 2. The van der Waals surface area contributed by atoms with Crippen molar-refractivity contribution in [1.29, 1.82) is 0 Å². The Bertz CT molecular complexity index is 904. The summed E-state index contributed by atoms with van der Waals surface area (Å²) in [6, 6.07) is 9.76. The van der Waals surface area contributed by atoms with Gasteiger partial charge in [0.05, 0.1) is 4.91 Å². The van der Waals surface area contributed by atoms with Gasteiger partial charge in [-0.05, 0) is 55.0 Å². The molecule has 3 rings (SSSR count). The number of nitrogens with zero attached hydrogens (tertiary/aromatic N) is 1. The summed E-state index contributed by atoms with van der Waals surface area (Å²) in [5, 5.41) is 4.92. The summed E-state index contributed by atoms with van der Waals surface area (Å²) in [4.78, 5) is 28.0. The lowest BCUT2D eigenvalue weighted by atomic mass is 10.1. The molecule has 2 amide bonds. The molecule has 1 aliphatic rings. The van der Waals surface area contributed by atoms with E-state index in [0.717, 1.165) is 21.7 Å². The van der Waals surface area contributed by atoms with Crippen molar-refractivity contribution >= 4 is 63.2 Å². The van der Waals surface area contributed by atoms with Crippen LogP contribution in [-0.2, 0) is 9.59 Å². The van der Waals surface area contributed by atoms with Crippen LogP contribution < -0.4 is 5.32 Å². The Hall–Kier alpha value is -1.96. The normalized spacial score (nSPS) is 15.6. The molecule has 2 heterocycles. The molecule has 27 heavy (non-hydrogen) atoms. The minimum absolute atomic E-state index is 0.0525. The fourth-order valence-electron chi connectivity index (χ4n) is 2.69. The number of thiophene rings is 1. The van der Waals surface area contributed by atoms with E-state index < -0.39 is 0 Å². The molecule has 7 heteroatoms. The van der Waals surface area contributed by atoms with Gasteiger partial charge in [-0.1, -0.05) is 42.2 Å². The van der Waals surface area contributed by atoms with Crippen LogP contribution in [0.5, 0.6) is 0 Å². The zero-order chi connectivity index (χ0) is 19.4. The number of nitrogens with one attached hydrogen (secondary N) is 1. The highest BCUT2D eigenvalue weighted by Crippen LogP contribution is 2.33. The number of thiocarbonyl (C=S) groups is 1. The molecule has 0 aliphatic carbocycles. The maximum atomic E-state index is 12.5. The van der Waals surface area contributed by atoms with Crippen molar-refractivity contribution in [3.63, 3.8) is 0 Å². The Morgan fingerprint density at radius 3 is 2.81 bits per heavy atom. The molecule has 1 aliphatic heterocycles. The average molecular weight is 417 g/mol. The molecule has 140 valence electrons. The third-order valence-corrected chi connectivity index (χ3v) is 6.55. The van der Waals surface area contributed by atoms with E-state index >= 15 is 0 Å². The van der Waals surface area contributed by atoms with Crippen LogP contribution in [0.1, 0.15) is 28.8 Å². The average Bonchev–Trinajstić information content (AvgIpc) is 3.23. The molecule has 0 radical (unpaired) electrons. The summed E-state index contributed by atoms with van der Waals surface area (Å²) in [6.45, 7) is 4.46. The third-order valence-electron chi connectivity index (χ3n) is 4.35. The summed E-state index contributed by atoms with van der Waals surface area (Å²) in [5.41, 5.74) is 3.05. The van der Waals surface area contributed by atoms with E-state index in [-0.39, 0.29) is 11.8 Å². The predicted molar refractivity (Wildman–Crippen MR) is 118 cm³/mol. The first-order valence-electron chi connectivity index (χ1n) is 8.60. The number of hydrogen-bond acceptors (Lipinski definition) is 5. The molecule has 0 saturated carbocycles. The van der Waals surface area contributed by atoms with E-state index in [0.29, 0.717) is 28.6 Å². The fourth-order valence-corrected chi connectivity index (χ4v) is 4.72. The van der Waals surface area contributed by atoms with Crippen molar-refractivity contribution in [3.8, 4) is 0 Å². The summed E-state index contributed by atoms with van der Waals surface area (Å²) < 4.78 is 0.553. The van der Waals surface area contributed by atoms with E-state index in [9.17, 15) is 9.59 Å². The molecular weight excluding hydrogens is 396 g/mol. The van der Waals surface area contributed by atoms with E-state index in [1.807, 2.05) is 55.6 Å². The molecule has 0 spiro atoms. The molecule has 1 fully saturated rings. The lowest BCUT2D eigenvalue weighted by Gasteiger charge is -2.14. The molecule has 1 saturated heterocycles. The number of hydrogen-bond donors (Lipinski definition) is 1. The number of carbonyl (C=O) groups excluding carboxylic acids is 2. The van der Waals surface area contributed by atoms with E-state index in [1.54, 1.807) is 16.2 Å². The summed E-state index contributed by atoms with van der Waals surface area (Å²) >= 11 is 8.24. The molecule has 1 aromatic heterocycles. The van der Waals surface area contributed by atoms with Gasteiger partial charge in [0, 0.05) is 23.5 Å². The molecular formula is C20H20N2O2S3. The zero-order valence-corrected chi connectivity index (χ0v) is 17.6. The molecule has 1 aromatic carbocycles. The molecule has 2 aromatic rings. The monoisotopic (exact) mass is 416 g/mol. The number of anilines is 1. The van der Waals surface area contributed by atoms with Crippen molar-refractivity contribution in [2.75, 3.05) is 11.9 Å². The number of benzene rings is 1. The first-order valence-corrected chi connectivity index (χ1v) is 10.7. The third kappa shape index (κ3) is 4.86. The van der Waals surface area contributed by atoms with Crippen LogP contribution in [0.3, 0.4) is 0 Å². The largest absolute Gasteiger partial charge is 0.326 e. The quantitative estimate of drug-likeness (QED) is 0.533. The molecule has 4 nitrogen and oxygen atoms in total. The smallest absolute Gasteiger partial charge is 0.266 e. The lowest BCUT2D eigenvalue weighted by Crippen LogP contribution is -2.29. The van der Waals surface area contributed by atoms with Gasteiger partial charge in [0.25, 0.3) is 5.91 Å². The van der Waals surface area contributed by atoms with Gasteiger partial charge in [0.2, 0.25) is 5.91 Å². The van der Waals surface area contributed by atoms with Crippen LogP contribution in [0.4, 0.5) is 5.69 Å². The summed E-state index contributed by atoms with van der Waals surface area (Å²) in [7, 11) is 0. The van der Waals surface area contributed by atoms with Crippen LogP contribution in [0.15, 0.2) is 40.6 Å². The standard InChI is InChI=1S/C20H20N2O2S3/c1-13-6-3-8-16(14(13)2)21-18(23)9-4-10-22-19(24)17(27-20(22)25)12-15-7-5-11-26-15/h3,5-8,11-12H,4,9-10H2,1-2H3,(H,21,23)/b17-12-. The number of aryl methyl sites for hydroxylation is 1. The first kappa shape index (κ1) is 19.8. The number of thioether (sulfide) groups is 1. The highest BCUT2D eigenvalue weighted by molar-refractivity contribution is 8.26. The minimum Gasteiger partial charge on any atom is -0.326 e. The van der Waals surface area contributed by atoms with Gasteiger partial charge in [-0.2, -0.15) is 0 Å². The zero-order valence-electron chi connectivity index (χ0n) is 15.2. The van der Waals surface area contributed by atoms with Gasteiger partial charge in [0.1, 0.15) is 4.32 Å². The highest BCUT2D eigenvalue weighted by atomic mass is 32.2. The van der Waals surface area contributed by atoms with Gasteiger partial charge in [0.15, 0.2) is 0 Å². The van der Waals surface area contributed by atoms with Crippen LogP contribution in [0, 0.1) is 13.8 Å². The van der Waals surface area contributed by atoms with Crippen LogP contribution in [-0.4, -0.2) is 27.6 Å². The van der Waals surface area contributed by atoms with Gasteiger partial charge in [-0.3, -0.25) is 14.5 Å². The Morgan fingerprint density at radius 2 is 2.07 bits per heavy atom. The van der Waals surface area contributed by atoms with Crippen LogP contribution in [0.2, 0.25) is 0 Å². The second kappa shape index (κ2) is 8.82. The van der Waals surface area contributed by atoms with Gasteiger partial charge < -0.3 is 5.32 Å². The second-order valence-electron chi connectivity index (χ2n) is 6.25. The van der Waals surface area contributed by atoms with E-state index in [1.165, 1.54) is 11.8 Å². The summed E-state index contributed by atoms with van der Waals surface area (Å²) in [6.07, 6.45) is 2.78. The molecule has 0 bridgehead atoms. The van der Waals surface area contributed by atoms with Gasteiger partial charge in [-0.15, -0.1) is 11.3 Å². The van der Waals surface area contributed by atoms with E-state index in [2.05, 4.69) is 5.32 Å². The molecule has 0 atom stereocenters. The van der Waals surface area contributed by atoms with Crippen molar-refractivity contribution in [1.82, 2.24) is 4.90 Å².